The first-order valence-corrected chi connectivity index (χ1v) is 7.59. The quantitative estimate of drug-likeness (QED) is 0.647. The smallest absolute Gasteiger partial charge is 0.148 e. The first kappa shape index (κ1) is 12.3. The van der Waals surface area contributed by atoms with Crippen LogP contribution in [0.4, 0.5) is 5.00 Å². The van der Waals surface area contributed by atoms with Gasteiger partial charge in [-0.05, 0) is 44.2 Å². The molecule has 1 spiro atoms. The van der Waals surface area contributed by atoms with Gasteiger partial charge in [0.15, 0.2) is 0 Å². The van der Waals surface area contributed by atoms with Crippen molar-refractivity contribution >= 4 is 16.5 Å². The van der Waals surface area contributed by atoms with E-state index < -0.39 is 0 Å². The first-order valence-electron chi connectivity index (χ1n) is 6.82. The van der Waals surface area contributed by atoms with E-state index in [-0.39, 0.29) is 0 Å². The maximum absolute atomic E-state index is 5.46. The van der Waals surface area contributed by atoms with Crippen LogP contribution in [0.5, 0.6) is 0 Å². The van der Waals surface area contributed by atoms with Crippen LogP contribution in [-0.2, 0) is 6.54 Å². The first-order chi connectivity index (χ1) is 8.81. The highest BCUT2D eigenvalue weighted by molar-refractivity contribution is 7.10. The molecule has 0 bridgehead atoms. The number of nitrogens with one attached hydrogen (secondary N) is 1. The van der Waals surface area contributed by atoms with Gasteiger partial charge in [0.05, 0.1) is 0 Å². The summed E-state index contributed by atoms with van der Waals surface area (Å²) >= 11 is 1.33. The Morgan fingerprint density at radius 3 is 2.61 bits per heavy atom. The molecule has 0 radical (unpaired) electrons. The number of nitrogens with two attached hydrogens (primary N) is 1. The SMILES string of the molecule is NNc1snnc1CN1CCC2(CCCC2)CC1. The van der Waals surface area contributed by atoms with Gasteiger partial charge in [0, 0.05) is 18.1 Å². The van der Waals surface area contributed by atoms with Gasteiger partial charge in [-0.3, -0.25) is 4.90 Å². The number of anilines is 1. The van der Waals surface area contributed by atoms with E-state index in [4.69, 9.17) is 5.84 Å². The second-order valence-electron chi connectivity index (χ2n) is 5.68. The Bertz CT molecular complexity index is 389. The van der Waals surface area contributed by atoms with Gasteiger partial charge in [-0.2, -0.15) is 0 Å². The monoisotopic (exact) mass is 267 g/mol. The second kappa shape index (κ2) is 5.11. The van der Waals surface area contributed by atoms with Gasteiger partial charge < -0.3 is 5.43 Å². The van der Waals surface area contributed by atoms with Gasteiger partial charge in [-0.15, -0.1) is 5.10 Å². The van der Waals surface area contributed by atoms with Crippen LogP contribution in [0, 0.1) is 5.41 Å². The van der Waals surface area contributed by atoms with E-state index in [1.165, 1.54) is 63.1 Å². The Morgan fingerprint density at radius 1 is 1.22 bits per heavy atom. The highest BCUT2D eigenvalue weighted by atomic mass is 32.1. The molecule has 0 aromatic carbocycles. The highest BCUT2D eigenvalue weighted by Crippen LogP contribution is 2.46. The Labute approximate surface area is 112 Å². The van der Waals surface area contributed by atoms with Gasteiger partial charge >= 0.3 is 0 Å². The molecule has 2 heterocycles. The predicted octanol–water partition coefficient (Wildman–Crippen LogP) is 1.98. The molecule has 18 heavy (non-hydrogen) atoms. The lowest BCUT2D eigenvalue weighted by Gasteiger charge is -2.39. The number of piperidine rings is 1. The zero-order chi connectivity index (χ0) is 12.4. The molecule has 1 saturated carbocycles. The van der Waals surface area contributed by atoms with Crippen LogP contribution in [0.1, 0.15) is 44.2 Å². The van der Waals surface area contributed by atoms with E-state index in [0.29, 0.717) is 5.41 Å². The van der Waals surface area contributed by atoms with Crippen molar-refractivity contribution in [3.63, 3.8) is 0 Å². The minimum absolute atomic E-state index is 0.686. The number of likely N-dealkylation sites (tertiary alicyclic amines) is 1. The van der Waals surface area contributed by atoms with Crippen molar-refractivity contribution in [2.45, 2.75) is 45.1 Å². The molecule has 1 saturated heterocycles. The summed E-state index contributed by atoms with van der Waals surface area (Å²) < 4.78 is 3.95. The molecule has 1 aliphatic heterocycles. The fourth-order valence-electron chi connectivity index (χ4n) is 3.44. The number of hydrogen-bond donors (Lipinski definition) is 2. The molecular weight excluding hydrogens is 246 g/mol. The molecule has 100 valence electrons. The summed E-state index contributed by atoms with van der Waals surface area (Å²) in [4.78, 5) is 2.49. The topological polar surface area (TPSA) is 67.1 Å². The molecule has 0 amide bonds. The summed E-state index contributed by atoms with van der Waals surface area (Å²) in [6, 6.07) is 0. The third kappa shape index (κ3) is 2.37. The fourth-order valence-corrected chi connectivity index (χ4v) is 3.93. The Morgan fingerprint density at radius 2 is 1.94 bits per heavy atom. The normalized spacial score (nSPS) is 23.6. The van der Waals surface area contributed by atoms with E-state index in [1.807, 2.05) is 0 Å². The number of hydrogen-bond acceptors (Lipinski definition) is 6. The number of rotatable bonds is 3. The van der Waals surface area contributed by atoms with Crippen molar-refractivity contribution < 1.29 is 0 Å². The number of hydrazine groups is 1. The highest BCUT2D eigenvalue weighted by Gasteiger charge is 2.36. The van der Waals surface area contributed by atoms with Crippen molar-refractivity contribution in [1.82, 2.24) is 14.5 Å². The molecule has 6 heteroatoms. The third-order valence-corrected chi connectivity index (χ3v) is 5.34. The molecule has 3 N–H and O–H groups in total. The number of nitrogen functional groups attached to an aromatic ring is 1. The summed E-state index contributed by atoms with van der Waals surface area (Å²) in [5.41, 5.74) is 4.36. The second-order valence-corrected chi connectivity index (χ2v) is 6.43. The molecule has 2 aliphatic rings. The molecule has 0 unspecified atom stereocenters. The van der Waals surface area contributed by atoms with Crippen molar-refractivity contribution in [2.75, 3.05) is 18.5 Å². The molecule has 1 aliphatic carbocycles. The average Bonchev–Trinajstić information content (AvgIpc) is 3.02. The minimum Gasteiger partial charge on any atom is -0.313 e. The van der Waals surface area contributed by atoms with Gasteiger partial charge in [-0.1, -0.05) is 17.3 Å². The van der Waals surface area contributed by atoms with Crippen LogP contribution in [0.2, 0.25) is 0 Å². The molecule has 3 rings (SSSR count). The van der Waals surface area contributed by atoms with E-state index in [2.05, 4.69) is 19.9 Å². The van der Waals surface area contributed by atoms with Gasteiger partial charge in [-0.25, -0.2) is 5.84 Å². The fraction of sp³-hybridized carbons (Fsp3) is 0.833. The lowest BCUT2D eigenvalue weighted by molar-refractivity contribution is 0.103. The lowest BCUT2D eigenvalue weighted by Crippen LogP contribution is -2.38. The third-order valence-electron chi connectivity index (χ3n) is 4.64. The molecule has 5 nitrogen and oxygen atoms in total. The van der Waals surface area contributed by atoms with Crippen LogP contribution in [0.3, 0.4) is 0 Å². The molecule has 1 aromatic heterocycles. The van der Waals surface area contributed by atoms with Crippen LogP contribution in [0.15, 0.2) is 0 Å². The van der Waals surface area contributed by atoms with Crippen molar-refractivity contribution in [1.29, 1.82) is 0 Å². The van der Waals surface area contributed by atoms with E-state index in [1.54, 1.807) is 0 Å². The zero-order valence-electron chi connectivity index (χ0n) is 10.7. The maximum atomic E-state index is 5.46. The average molecular weight is 267 g/mol. The van der Waals surface area contributed by atoms with Crippen LogP contribution in [-0.4, -0.2) is 27.6 Å². The summed E-state index contributed by atoms with van der Waals surface area (Å²) in [6.45, 7) is 3.27. The van der Waals surface area contributed by atoms with Gasteiger partial charge in [0.1, 0.15) is 10.7 Å². The van der Waals surface area contributed by atoms with Crippen molar-refractivity contribution in [3.8, 4) is 0 Å². The summed E-state index contributed by atoms with van der Waals surface area (Å²) in [5.74, 6) is 5.46. The predicted molar refractivity (Wildman–Crippen MR) is 73.1 cm³/mol. The summed E-state index contributed by atoms with van der Waals surface area (Å²) in [6.07, 6.45) is 8.50. The molecular formula is C12H21N5S. The van der Waals surface area contributed by atoms with Crippen LogP contribution < -0.4 is 11.3 Å². The van der Waals surface area contributed by atoms with E-state index in [9.17, 15) is 0 Å². The largest absolute Gasteiger partial charge is 0.313 e. The van der Waals surface area contributed by atoms with Gasteiger partial charge in [0.25, 0.3) is 0 Å². The summed E-state index contributed by atoms with van der Waals surface area (Å²) in [7, 11) is 0. The summed E-state index contributed by atoms with van der Waals surface area (Å²) in [5, 5.41) is 5.05. The van der Waals surface area contributed by atoms with Crippen molar-refractivity contribution in [2.24, 2.45) is 11.3 Å². The molecule has 2 fully saturated rings. The van der Waals surface area contributed by atoms with E-state index in [0.717, 1.165) is 17.2 Å². The van der Waals surface area contributed by atoms with Crippen molar-refractivity contribution in [3.05, 3.63) is 5.69 Å². The zero-order valence-corrected chi connectivity index (χ0v) is 11.5. The Hall–Kier alpha value is -0.720. The standard InChI is InChI=1S/C12H21N5S/c13-14-11-10(15-16-18-11)9-17-7-5-12(6-8-17)3-1-2-4-12/h14H,1-9,13H2. The minimum atomic E-state index is 0.686. The van der Waals surface area contributed by atoms with Crippen LogP contribution in [0.25, 0.3) is 0 Å². The van der Waals surface area contributed by atoms with E-state index >= 15 is 0 Å². The Kier molecular flexibility index (Phi) is 3.50. The Balaban J connectivity index is 1.57. The molecule has 0 atom stereocenters. The number of nitrogens with zero attached hydrogens (tertiary/aromatic N) is 3. The maximum Gasteiger partial charge on any atom is 0.148 e. The lowest BCUT2D eigenvalue weighted by atomic mass is 9.77. The van der Waals surface area contributed by atoms with Gasteiger partial charge in [0.2, 0.25) is 0 Å². The van der Waals surface area contributed by atoms with Crippen LogP contribution >= 0.6 is 11.5 Å². The number of aromatic nitrogens is 2. The molecule has 1 aromatic rings.